The van der Waals surface area contributed by atoms with Gasteiger partial charge in [0, 0.05) is 26.5 Å². The average Bonchev–Trinajstić information content (AvgIpc) is 2.76. The molecule has 2 heterocycles. The summed E-state index contributed by atoms with van der Waals surface area (Å²) in [5, 5.41) is 0. The number of nitrogens with zero attached hydrogens (tertiary/aromatic N) is 2. The number of rotatable bonds is 2. The SMILES string of the molecule is CN1C=CN(C)C1/C=C/c1ccco1. The molecule has 0 saturated carbocycles. The van der Waals surface area contributed by atoms with Crippen molar-refractivity contribution in [2.45, 2.75) is 6.17 Å². The van der Waals surface area contributed by atoms with Gasteiger partial charge in [-0.15, -0.1) is 0 Å². The Labute approximate surface area is 83.9 Å². The van der Waals surface area contributed by atoms with Gasteiger partial charge in [-0.25, -0.2) is 0 Å². The molecule has 0 aromatic carbocycles. The first-order valence-corrected chi connectivity index (χ1v) is 4.61. The quantitative estimate of drug-likeness (QED) is 0.710. The van der Waals surface area contributed by atoms with E-state index in [4.69, 9.17) is 4.42 Å². The van der Waals surface area contributed by atoms with Crippen LogP contribution in [-0.4, -0.2) is 30.1 Å². The van der Waals surface area contributed by atoms with Crippen LogP contribution in [0.5, 0.6) is 0 Å². The molecule has 0 radical (unpaired) electrons. The summed E-state index contributed by atoms with van der Waals surface area (Å²) in [6.45, 7) is 0. The molecule has 1 aliphatic rings. The number of hydrogen-bond acceptors (Lipinski definition) is 3. The lowest BCUT2D eigenvalue weighted by atomic mass is 10.3. The van der Waals surface area contributed by atoms with Gasteiger partial charge < -0.3 is 14.2 Å². The molecule has 74 valence electrons. The number of furan rings is 1. The lowest BCUT2D eigenvalue weighted by molar-refractivity contribution is 0.258. The Kier molecular flexibility index (Phi) is 2.31. The second-order valence-electron chi connectivity index (χ2n) is 3.42. The molecule has 3 heteroatoms. The molecule has 0 fully saturated rings. The molecular weight excluding hydrogens is 176 g/mol. The van der Waals surface area contributed by atoms with E-state index in [9.17, 15) is 0 Å². The van der Waals surface area contributed by atoms with Gasteiger partial charge in [0.15, 0.2) is 0 Å². The van der Waals surface area contributed by atoms with Gasteiger partial charge in [0.2, 0.25) is 0 Å². The summed E-state index contributed by atoms with van der Waals surface area (Å²) in [7, 11) is 4.11. The molecule has 0 aliphatic carbocycles. The highest BCUT2D eigenvalue weighted by Gasteiger charge is 2.16. The van der Waals surface area contributed by atoms with Crippen molar-refractivity contribution in [3.63, 3.8) is 0 Å². The van der Waals surface area contributed by atoms with Crippen molar-refractivity contribution in [3.8, 4) is 0 Å². The maximum Gasteiger partial charge on any atom is 0.126 e. The lowest BCUT2D eigenvalue weighted by Gasteiger charge is -2.23. The minimum absolute atomic E-state index is 0.292. The fourth-order valence-electron chi connectivity index (χ4n) is 1.51. The number of hydrogen-bond donors (Lipinski definition) is 0. The zero-order chi connectivity index (χ0) is 9.97. The second-order valence-corrected chi connectivity index (χ2v) is 3.42. The zero-order valence-corrected chi connectivity index (χ0v) is 8.42. The van der Waals surface area contributed by atoms with E-state index >= 15 is 0 Å². The fourth-order valence-corrected chi connectivity index (χ4v) is 1.51. The van der Waals surface area contributed by atoms with Gasteiger partial charge in [0.1, 0.15) is 11.9 Å². The first-order valence-electron chi connectivity index (χ1n) is 4.61. The van der Waals surface area contributed by atoms with Crippen LogP contribution in [0.15, 0.2) is 41.3 Å². The molecule has 3 nitrogen and oxygen atoms in total. The molecule has 14 heavy (non-hydrogen) atoms. The van der Waals surface area contributed by atoms with Crippen LogP contribution in [0, 0.1) is 0 Å². The standard InChI is InChI=1S/C11H14N2O/c1-12-7-8-13(2)11(12)6-5-10-4-3-9-14-10/h3-9,11H,1-2H3/b6-5+. The van der Waals surface area contributed by atoms with Crippen molar-refractivity contribution < 1.29 is 4.42 Å². The zero-order valence-electron chi connectivity index (χ0n) is 8.42. The average molecular weight is 190 g/mol. The van der Waals surface area contributed by atoms with Crippen LogP contribution in [0.1, 0.15) is 5.76 Å². The van der Waals surface area contributed by atoms with Crippen LogP contribution in [0.4, 0.5) is 0 Å². The van der Waals surface area contributed by atoms with Crippen LogP contribution < -0.4 is 0 Å². The van der Waals surface area contributed by atoms with E-state index in [0.717, 1.165) is 5.76 Å². The summed E-state index contributed by atoms with van der Waals surface area (Å²) in [6.07, 6.45) is 10.2. The number of likely N-dealkylation sites (N-methyl/N-ethyl adjacent to an activating group) is 2. The highest BCUT2D eigenvalue weighted by molar-refractivity contribution is 5.43. The van der Waals surface area contributed by atoms with E-state index in [1.165, 1.54) is 0 Å². The molecule has 1 aromatic rings. The van der Waals surface area contributed by atoms with Crippen molar-refractivity contribution in [2.24, 2.45) is 0 Å². The minimum Gasteiger partial charge on any atom is -0.465 e. The third-order valence-corrected chi connectivity index (χ3v) is 2.35. The minimum atomic E-state index is 0.292. The predicted molar refractivity (Wildman–Crippen MR) is 56.2 cm³/mol. The first kappa shape index (κ1) is 8.94. The van der Waals surface area contributed by atoms with E-state index in [0.29, 0.717) is 6.17 Å². The van der Waals surface area contributed by atoms with Gasteiger partial charge in [-0.05, 0) is 24.3 Å². The fraction of sp³-hybridized carbons (Fsp3) is 0.273. The summed E-state index contributed by atoms with van der Waals surface area (Å²) in [4.78, 5) is 4.28. The maximum absolute atomic E-state index is 5.22. The second kappa shape index (κ2) is 3.62. The monoisotopic (exact) mass is 190 g/mol. The van der Waals surface area contributed by atoms with Gasteiger partial charge >= 0.3 is 0 Å². The topological polar surface area (TPSA) is 19.6 Å². The normalized spacial score (nSPS) is 17.6. The Balaban J connectivity index is 2.04. The van der Waals surface area contributed by atoms with Gasteiger partial charge in [-0.3, -0.25) is 0 Å². The summed E-state index contributed by atoms with van der Waals surface area (Å²) < 4.78 is 5.22. The highest BCUT2D eigenvalue weighted by Crippen LogP contribution is 2.14. The van der Waals surface area contributed by atoms with E-state index in [1.54, 1.807) is 6.26 Å². The molecule has 1 aliphatic heterocycles. The van der Waals surface area contributed by atoms with E-state index < -0.39 is 0 Å². The van der Waals surface area contributed by atoms with Crippen molar-refractivity contribution in [3.05, 3.63) is 42.6 Å². The Morgan fingerprint density at radius 1 is 1.29 bits per heavy atom. The third-order valence-electron chi connectivity index (χ3n) is 2.35. The molecule has 0 saturated heterocycles. The highest BCUT2D eigenvalue weighted by atomic mass is 16.3. The summed E-state index contributed by atoms with van der Waals surface area (Å²) in [6, 6.07) is 3.83. The Hall–Kier alpha value is -1.64. The smallest absolute Gasteiger partial charge is 0.126 e. The van der Waals surface area contributed by atoms with Crippen molar-refractivity contribution in [1.29, 1.82) is 0 Å². The summed E-state index contributed by atoms with van der Waals surface area (Å²) in [5.74, 6) is 0.888. The van der Waals surface area contributed by atoms with Crippen LogP contribution in [0.25, 0.3) is 6.08 Å². The van der Waals surface area contributed by atoms with Crippen LogP contribution >= 0.6 is 0 Å². The van der Waals surface area contributed by atoms with E-state index in [2.05, 4.69) is 42.4 Å². The van der Waals surface area contributed by atoms with Gasteiger partial charge in [-0.2, -0.15) is 0 Å². The first-order chi connectivity index (χ1) is 6.77. The largest absolute Gasteiger partial charge is 0.465 e. The molecule has 0 atom stereocenters. The van der Waals surface area contributed by atoms with E-state index in [-0.39, 0.29) is 0 Å². The molecule has 0 unspecified atom stereocenters. The van der Waals surface area contributed by atoms with Crippen LogP contribution in [0.2, 0.25) is 0 Å². The maximum atomic E-state index is 5.22. The van der Waals surface area contributed by atoms with Gasteiger partial charge in [0.25, 0.3) is 0 Å². The van der Waals surface area contributed by atoms with Crippen LogP contribution in [0.3, 0.4) is 0 Å². The summed E-state index contributed by atoms with van der Waals surface area (Å²) in [5.41, 5.74) is 0. The van der Waals surface area contributed by atoms with Gasteiger partial charge in [0.05, 0.1) is 6.26 Å². The third kappa shape index (κ3) is 1.66. The predicted octanol–water partition coefficient (Wildman–Crippen LogP) is 1.97. The molecule has 2 rings (SSSR count). The van der Waals surface area contributed by atoms with Crippen molar-refractivity contribution in [2.75, 3.05) is 14.1 Å². The van der Waals surface area contributed by atoms with Crippen molar-refractivity contribution in [1.82, 2.24) is 9.80 Å². The molecule has 0 N–H and O–H groups in total. The molecule has 1 aromatic heterocycles. The molecule has 0 bridgehead atoms. The van der Waals surface area contributed by atoms with Crippen LogP contribution in [-0.2, 0) is 0 Å². The van der Waals surface area contributed by atoms with E-state index in [1.807, 2.05) is 18.2 Å². The van der Waals surface area contributed by atoms with Crippen molar-refractivity contribution >= 4 is 6.08 Å². The van der Waals surface area contributed by atoms with Gasteiger partial charge in [-0.1, -0.05) is 0 Å². The lowest BCUT2D eigenvalue weighted by Crippen LogP contribution is -2.31. The Bertz CT molecular complexity index is 328. The Morgan fingerprint density at radius 3 is 2.57 bits per heavy atom. The molecular formula is C11H14N2O. The molecule has 0 amide bonds. The molecule has 0 spiro atoms. The summed E-state index contributed by atoms with van der Waals surface area (Å²) >= 11 is 0. The Morgan fingerprint density at radius 2 is 2.00 bits per heavy atom.